The first kappa shape index (κ1) is 7.83. The van der Waals surface area contributed by atoms with Crippen LogP contribution in [0.1, 0.15) is 5.56 Å². The molecule has 0 aliphatic heterocycles. The molecule has 0 heterocycles. The molecule has 0 spiro atoms. The summed E-state index contributed by atoms with van der Waals surface area (Å²) in [5, 5.41) is 0. The lowest BCUT2D eigenvalue weighted by Gasteiger charge is -2.07. The third-order valence-corrected chi connectivity index (χ3v) is 1.47. The molecule has 0 amide bonds. The molecule has 1 radical (unpaired) electrons. The Morgan fingerprint density at radius 1 is 1.50 bits per heavy atom. The van der Waals surface area contributed by atoms with E-state index in [4.69, 9.17) is 23.2 Å². The van der Waals surface area contributed by atoms with Gasteiger partial charge in [0.25, 0.3) is 4.59 Å². The third-order valence-electron chi connectivity index (χ3n) is 1.03. The topological polar surface area (TPSA) is 0 Å². The van der Waals surface area contributed by atoms with Gasteiger partial charge in [-0.05, 0) is 12.1 Å². The molecule has 3 heteroatoms. The molecule has 53 valence electrons. The lowest BCUT2D eigenvalue weighted by atomic mass is 10.2. The molecular weight excluding hydrogens is 174 g/mol. The van der Waals surface area contributed by atoms with Crippen LogP contribution in [0.5, 0.6) is 0 Å². The maximum absolute atomic E-state index is 12.6. The van der Waals surface area contributed by atoms with E-state index in [0.717, 1.165) is 0 Å². The van der Waals surface area contributed by atoms with Crippen molar-refractivity contribution in [3.63, 3.8) is 0 Å². The molecule has 0 fully saturated rings. The molecule has 0 aliphatic carbocycles. The average Bonchev–Trinajstić information content (AvgIpc) is 1.88. The molecule has 1 aromatic rings. The van der Waals surface area contributed by atoms with Crippen molar-refractivity contribution in [1.82, 2.24) is 0 Å². The summed E-state index contributed by atoms with van der Waals surface area (Å²) < 4.78 is 10.3. The smallest absolute Gasteiger partial charge is 0.203 e. The molecule has 0 saturated heterocycles. The summed E-state index contributed by atoms with van der Waals surface area (Å²) in [4.78, 5) is 0. The van der Waals surface area contributed by atoms with Crippen molar-refractivity contribution < 1.29 is 4.39 Å². The van der Waals surface area contributed by atoms with Gasteiger partial charge in [-0.1, -0.05) is 41.4 Å². The zero-order chi connectivity index (χ0) is 7.61. The standard InChI is InChI=1S/C7H4Cl2F/c8-7(9,10)6-4-2-1-3-5-6/h1-2,4-5H. The maximum Gasteiger partial charge on any atom is 0.283 e. The van der Waals surface area contributed by atoms with E-state index >= 15 is 0 Å². The fourth-order valence-corrected chi connectivity index (χ4v) is 0.805. The van der Waals surface area contributed by atoms with Crippen LogP contribution in [0, 0.1) is 6.07 Å². The Morgan fingerprint density at radius 3 is 2.50 bits per heavy atom. The third kappa shape index (κ3) is 1.86. The largest absolute Gasteiger partial charge is 0.283 e. The zero-order valence-corrected chi connectivity index (χ0v) is 6.46. The molecule has 0 aliphatic rings. The Balaban J connectivity index is 2.97. The number of alkyl halides is 3. The Labute approximate surface area is 68.6 Å². The molecule has 0 aromatic heterocycles. The molecule has 10 heavy (non-hydrogen) atoms. The van der Waals surface area contributed by atoms with E-state index in [-0.39, 0.29) is 5.56 Å². The van der Waals surface area contributed by atoms with Gasteiger partial charge in [-0.25, -0.2) is 4.39 Å². The summed E-state index contributed by atoms with van der Waals surface area (Å²) in [6, 6.07) is 8.82. The predicted octanol–water partition coefficient (Wildman–Crippen LogP) is 3.04. The highest BCUT2D eigenvalue weighted by molar-refractivity contribution is 6.46. The van der Waals surface area contributed by atoms with E-state index in [1.807, 2.05) is 0 Å². The van der Waals surface area contributed by atoms with Crippen LogP contribution in [0.2, 0.25) is 0 Å². The number of hydrogen-bond acceptors (Lipinski definition) is 0. The van der Waals surface area contributed by atoms with Crippen molar-refractivity contribution in [2.75, 3.05) is 0 Å². The van der Waals surface area contributed by atoms with Gasteiger partial charge in [-0.3, -0.25) is 0 Å². The summed E-state index contributed by atoms with van der Waals surface area (Å²) in [6.45, 7) is 0. The number of benzene rings is 1. The van der Waals surface area contributed by atoms with Gasteiger partial charge in [0.15, 0.2) is 0 Å². The second-order valence-corrected chi connectivity index (χ2v) is 3.02. The minimum atomic E-state index is -2.29. The SMILES string of the molecule is FC(Cl)(Cl)c1c[c]ccc1. The van der Waals surface area contributed by atoms with Gasteiger partial charge in [-0.15, -0.1) is 0 Å². The zero-order valence-electron chi connectivity index (χ0n) is 4.94. The predicted molar refractivity (Wildman–Crippen MR) is 39.8 cm³/mol. The minimum Gasteiger partial charge on any atom is -0.203 e. The van der Waals surface area contributed by atoms with Crippen LogP contribution < -0.4 is 0 Å². The van der Waals surface area contributed by atoms with Crippen molar-refractivity contribution in [3.05, 3.63) is 35.9 Å². The quantitative estimate of drug-likeness (QED) is 0.579. The first-order valence-corrected chi connectivity index (χ1v) is 3.39. The fourth-order valence-electron chi connectivity index (χ4n) is 0.570. The van der Waals surface area contributed by atoms with Crippen molar-refractivity contribution in [2.45, 2.75) is 4.59 Å². The minimum absolute atomic E-state index is 0.207. The van der Waals surface area contributed by atoms with Gasteiger partial charge in [-0.2, -0.15) is 0 Å². The molecule has 1 rings (SSSR count). The van der Waals surface area contributed by atoms with Crippen LogP contribution in [-0.4, -0.2) is 0 Å². The van der Waals surface area contributed by atoms with E-state index in [1.165, 1.54) is 12.1 Å². The van der Waals surface area contributed by atoms with Crippen molar-refractivity contribution in [2.24, 2.45) is 0 Å². The van der Waals surface area contributed by atoms with Crippen LogP contribution >= 0.6 is 23.2 Å². The molecule has 0 N–H and O–H groups in total. The number of halogens is 3. The van der Waals surface area contributed by atoms with E-state index < -0.39 is 4.59 Å². The summed E-state index contributed by atoms with van der Waals surface area (Å²) >= 11 is 10.3. The lowest BCUT2D eigenvalue weighted by molar-refractivity contribution is 0.405. The van der Waals surface area contributed by atoms with Gasteiger partial charge < -0.3 is 0 Å². The van der Waals surface area contributed by atoms with Crippen LogP contribution in [0.25, 0.3) is 0 Å². The second-order valence-electron chi connectivity index (χ2n) is 1.79. The summed E-state index contributed by atoms with van der Waals surface area (Å²) in [7, 11) is 0. The van der Waals surface area contributed by atoms with Gasteiger partial charge in [0.2, 0.25) is 0 Å². The first-order valence-electron chi connectivity index (χ1n) is 2.64. The Morgan fingerprint density at radius 2 is 2.20 bits per heavy atom. The van der Waals surface area contributed by atoms with Crippen molar-refractivity contribution in [3.8, 4) is 0 Å². The van der Waals surface area contributed by atoms with Crippen molar-refractivity contribution >= 4 is 23.2 Å². The molecule has 1 aromatic carbocycles. The summed E-state index contributed by atoms with van der Waals surface area (Å²) in [5.41, 5.74) is 0.207. The average molecular weight is 178 g/mol. The maximum atomic E-state index is 12.6. The van der Waals surface area contributed by atoms with Crippen LogP contribution in [0.3, 0.4) is 0 Å². The second kappa shape index (κ2) is 2.77. The molecule has 0 saturated carbocycles. The molecule has 0 atom stereocenters. The summed E-state index contributed by atoms with van der Waals surface area (Å²) in [5.74, 6) is 0. The Bertz CT molecular complexity index is 203. The van der Waals surface area contributed by atoms with E-state index in [2.05, 4.69) is 6.07 Å². The lowest BCUT2D eigenvalue weighted by Crippen LogP contribution is -1.99. The van der Waals surface area contributed by atoms with E-state index in [9.17, 15) is 4.39 Å². The molecule has 0 nitrogen and oxygen atoms in total. The van der Waals surface area contributed by atoms with Gasteiger partial charge >= 0.3 is 0 Å². The highest BCUT2D eigenvalue weighted by Crippen LogP contribution is 2.34. The van der Waals surface area contributed by atoms with Gasteiger partial charge in [0, 0.05) is 5.56 Å². The van der Waals surface area contributed by atoms with E-state index in [1.54, 1.807) is 12.1 Å². The van der Waals surface area contributed by atoms with Crippen LogP contribution in [0.15, 0.2) is 24.3 Å². The van der Waals surface area contributed by atoms with E-state index in [0.29, 0.717) is 0 Å². The molecular formula is C7H4Cl2F. The first-order chi connectivity index (χ1) is 4.61. The highest BCUT2D eigenvalue weighted by atomic mass is 35.5. The normalized spacial score (nSPS) is 11.5. The molecule has 0 unspecified atom stereocenters. The number of rotatable bonds is 1. The fraction of sp³-hybridized carbons (Fsp3) is 0.143. The number of hydrogen-bond donors (Lipinski definition) is 0. The molecule has 0 bridgehead atoms. The Hall–Kier alpha value is -0.270. The van der Waals surface area contributed by atoms with Crippen LogP contribution in [-0.2, 0) is 4.59 Å². The van der Waals surface area contributed by atoms with Crippen molar-refractivity contribution in [1.29, 1.82) is 0 Å². The summed E-state index contributed by atoms with van der Waals surface area (Å²) in [6.07, 6.45) is 0. The highest BCUT2D eigenvalue weighted by Gasteiger charge is 2.24. The van der Waals surface area contributed by atoms with Crippen LogP contribution in [0.4, 0.5) is 4.39 Å². The Kier molecular flexibility index (Phi) is 2.17. The van der Waals surface area contributed by atoms with Gasteiger partial charge in [0.05, 0.1) is 0 Å². The monoisotopic (exact) mass is 177 g/mol. The van der Waals surface area contributed by atoms with Gasteiger partial charge in [0.1, 0.15) is 0 Å².